The molecule has 5 heteroatoms. The molecule has 0 atom stereocenters. The lowest BCUT2D eigenvalue weighted by Crippen LogP contribution is -2.38. The molecule has 0 unspecified atom stereocenters. The highest BCUT2D eigenvalue weighted by Gasteiger charge is 2.26. The zero-order valence-electron chi connectivity index (χ0n) is 13.9. The Morgan fingerprint density at radius 1 is 1.30 bits per heavy atom. The van der Waals surface area contributed by atoms with Gasteiger partial charge in [0.15, 0.2) is 0 Å². The van der Waals surface area contributed by atoms with Crippen molar-refractivity contribution >= 4 is 11.9 Å². The van der Waals surface area contributed by atoms with Crippen molar-refractivity contribution in [3.05, 3.63) is 30.1 Å². The monoisotopic (exact) mass is 318 g/mol. The molecule has 0 aromatic carbocycles. The lowest BCUT2D eigenvalue weighted by Gasteiger charge is -2.29. The predicted octanol–water partition coefficient (Wildman–Crippen LogP) is 2.94. The molecule has 1 heterocycles. The largest absolute Gasteiger partial charge is 0.466 e. The molecule has 1 amide bonds. The second kappa shape index (κ2) is 9.28. The number of carbonyl (C=O) groups excluding carboxylic acids is 2. The molecule has 1 fully saturated rings. The van der Waals surface area contributed by atoms with Crippen LogP contribution < -0.4 is 0 Å². The van der Waals surface area contributed by atoms with E-state index >= 15 is 0 Å². The average molecular weight is 318 g/mol. The van der Waals surface area contributed by atoms with Gasteiger partial charge in [0.2, 0.25) is 5.91 Å². The van der Waals surface area contributed by atoms with Gasteiger partial charge in [-0.2, -0.15) is 0 Å². The van der Waals surface area contributed by atoms with Crippen molar-refractivity contribution in [2.45, 2.75) is 52.0 Å². The minimum Gasteiger partial charge on any atom is -0.466 e. The Morgan fingerprint density at radius 2 is 2.09 bits per heavy atom. The summed E-state index contributed by atoms with van der Waals surface area (Å²) in [7, 11) is 0. The fourth-order valence-electron chi connectivity index (χ4n) is 3.05. The molecular weight excluding hydrogens is 292 g/mol. The zero-order valence-corrected chi connectivity index (χ0v) is 13.9. The van der Waals surface area contributed by atoms with E-state index in [-0.39, 0.29) is 24.2 Å². The van der Waals surface area contributed by atoms with E-state index < -0.39 is 0 Å². The number of ether oxygens (including phenoxy) is 1. The molecule has 1 aromatic heterocycles. The maximum absolute atomic E-state index is 12.8. The first-order valence-electron chi connectivity index (χ1n) is 8.54. The molecule has 23 heavy (non-hydrogen) atoms. The van der Waals surface area contributed by atoms with Crippen molar-refractivity contribution in [2.24, 2.45) is 5.92 Å². The highest BCUT2D eigenvalue weighted by Crippen LogP contribution is 2.26. The fraction of sp³-hybridized carbons (Fsp3) is 0.611. The molecule has 126 valence electrons. The number of hydrogen-bond donors (Lipinski definition) is 0. The maximum atomic E-state index is 12.8. The standard InChI is InChI=1S/C18H26N2O3/c1-2-23-17(21)10-12-20(14-15-7-6-11-19-13-15)18(22)16-8-4-3-5-9-16/h6-7,11,13,16H,2-5,8-10,12,14H2,1H3. The Labute approximate surface area is 138 Å². The topological polar surface area (TPSA) is 59.5 Å². The van der Waals surface area contributed by atoms with Crippen LogP contribution >= 0.6 is 0 Å². The van der Waals surface area contributed by atoms with Crippen LogP contribution in [0.2, 0.25) is 0 Å². The molecule has 1 saturated carbocycles. The molecule has 1 aromatic rings. The van der Waals surface area contributed by atoms with Crippen molar-refractivity contribution in [3.63, 3.8) is 0 Å². The van der Waals surface area contributed by atoms with Gasteiger partial charge < -0.3 is 9.64 Å². The summed E-state index contributed by atoms with van der Waals surface area (Å²) in [5, 5.41) is 0. The first kappa shape index (κ1) is 17.4. The van der Waals surface area contributed by atoms with E-state index in [0.29, 0.717) is 19.7 Å². The number of nitrogens with zero attached hydrogens (tertiary/aromatic N) is 2. The van der Waals surface area contributed by atoms with E-state index in [1.54, 1.807) is 24.2 Å². The summed E-state index contributed by atoms with van der Waals surface area (Å²) in [5.41, 5.74) is 0.987. The van der Waals surface area contributed by atoms with Gasteiger partial charge in [-0.3, -0.25) is 14.6 Å². The minimum atomic E-state index is -0.250. The van der Waals surface area contributed by atoms with Crippen LogP contribution in [0.1, 0.15) is 51.0 Å². The summed E-state index contributed by atoms with van der Waals surface area (Å²) in [5.74, 6) is 0.0144. The van der Waals surface area contributed by atoms with Gasteiger partial charge in [0.05, 0.1) is 13.0 Å². The summed E-state index contributed by atoms with van der Waals surface area (Å²) in [6.07, 6.45) is 9.11. The molecule has 0 bridgehead atoms. The predicted molar refractivity (Wildman–Crippen MR) is 87.5 cm³/mol. The van der Waals surface area contributed by atoms with Gasteiger partial charge in [-0.05, 0) is 31.4 Å². The van der Waals surface area contributed by atoms with E-state index in [1.165, 1.54) is 6.42 Å². The molecule has 0 radical (unpaired) electrons. The van der Waals surface area contributed by atoms with Crippen LogP contribution in [-0.2, 0) is 20.9 Å². The fourth-order valence-corrected chi connectivity index (χ4v) is 3.05. The van der Waals surface area contributed by atoms with Gasteiger partial charge in [0, 0.05) is 31.4 Å². The Morgan fingerprint density at radius 3 is 2.74 bits per heavy atom. The molecule has 0 N–H and O–H groups in total. The zero-order chi connectivity index (χ0) is 16.5. The van der Waals surface area contributed by atoms with Gasteiger partial charge in [-0.25, -0.2) is 0 Å². The van der Waals surface area contributed by atoms with E-state index in [2.05, 4.69) is 4.98 Å². The van der Waals surface area contributed by atoms with Gasteiger partial charge >= 0.3 is 5.97 Å². The lowest BCUT2D eigenvalue weighted by atomic mass is 9.88. The van der Waals surface area contributed by atoms with Gasteiger partial charge in [-0.1, -0.05) is 25.3 Å². The smallest absolute Gasteiger partial charge is 0.307 e. The van der Waals surface area contributed by atoms with Crippen LogP contribution in [0.3, 0.4) is 0 Å². The summed E-state index contributed by atoms with van der Waals surface area (Å²) in [4.78, 5) is 30.4. The quantitative estimate of drug-likeness (QED) is 0.725. The summed E-state index contributed by atoms with van der Waals surface area (Å²) in [6.45, 7) is 3.07. The number of carbonyl (C=O) groups is 2. The number of amides is 1. The Kier molecular flexibility index (Phi) is 7.04. The molecule has 5 nitrogen and oxygen atoms in total. The average Bonchev–Trinajstić information content (AvgIpc) is 2.60. The first-order valence-corrected chi connectivity index (χ1v) is 8.54. The third-order valence-electron chi connectivity index (χ3n) is 4.25. The van der Waals surface area contributed by atoms with Gasteiger partial charge in [-0.15, -0.1) is 0 Å². The third kappa shape index (κ3) is 5.66. The van der Waals surface area contributed by atoms with Crippen LogP contribution in [-0.4, -0.2) is 34.9 Å². The van der Waals surface area contributed by atoms with Crippen LogP contribution in [0.4, 0.5) is 0 Å². The number of aromatic nitrogens is 1. The molecule has 0 saturated heterocycles. The van der Waals surface area contributed by atoms with Crippen LogP contribution in [0.15, 0.2) is 24.5 Å². The van der Waals surface area contributed by atoms with Crippen molar-refractivity contribution in [3.8, 4) is 0 Å². The molecule has 1 aliphatic carbocycles. The summed E-state index contributed by atoms with van der Waals surface area (Å²) < 4.78 is 4.98. The summed E-state index contributed by atoms with van der Waals surface area (Å²) >= 11 is 0. The molecule has 2 rings (SSSR count). The maximum Gasteiger partial charge on any atom is 0.307 e. The van der Waals surface area contributed by atoms with Crippen molar-refractivity contribution < 1.29 is 14.3 Å². The van der Waals surface area contributed by atoms with Crippen LogP contribution in [0.5, 0.6) is 0 Å². The third-order valence-corrected chi connectivity index (χ3v) is 4.25. The van der Waals surface area contributed by atoms with Crippen LogP contribution in [0, 0.1) is 5.92 Å². The van der Waals surface area contributed by atoms with Crippen LogP contribution in [0.25, 0.3) is 0 Å². The minimum absolute atomic E-state index is 0.0996. The molecule has 0 spiro atoms. The second-order valence-electron chi connectivity index (χ2n) is 6.01. The van der Waals surface area contributed by atoms with Crippen molar-refractivity contribution in [2.75, 3.05) is 13.2 Å². The van der Waals surface area contributed by atoms with E-state index in [1.807, 2.05) is 12.1 Å². The van der Waals surface area contributed by atoms with E-state index in [0.717, 1.165) is 31.2 Å². The van der Waals surface area contributed by atoms with Gasteiger partial charge in [0.1, 0.15) is 0 Å². The lowest BCUT2D eigenvalue weighted by molar-refractivity contribution is -0.145. The number of esters is 1. The molecular formula is C18H26N2O3. The summed E-state index contributed by atoms with van der Waals surface area (Å²) in [6, 6.07) is 3.82. The number of pyridine rings is 1. The second-order valence-corrected chi connectivity index (χ2v) is 6.01. The van der Waals surface area contributed by atoms with Crippen molar-refractivity contribution in [1.29, 1.82) is 0 Å². The SMILES string of the molecule is CCOC(=O)CCN(Cc1cccnc1)C(=O)C1CCCCC1. The highest BCUT2D eigenvalue weighted by molar-refractivity contribution is 5.79. The van der Waals surface area contributed by atoms with Crippen molar-refractivity contribution in [1.82, 2.24) is 9.88 Å². The Bertz CT molecular complexity index is 498. The van der Waals surface area contributed by atoms with Gasteiger partial charge in [0.25, 0.3) is 0 Å². The Hall–Kier alpha value is -1.91. The normalized spacial score (nSPS) is 15.2. The first-order chi connectivity index (χ1) is 11.2. The highest BCUT2D eigenvalue weighted by atomic mass is 16.5. The Balaban J connectivity index is 2.00. The van der Waals surface area contributed by atoms with E-state index in [9.17, 15) is 9.59 Å². The molecule has 1 aliphatic rings. The number of rotatable bonds is 7. The molecule has 0 aliphatic heterocycles. The number of hydrogen-bond acceptors (Lipinski definition) is 4. The van der Waals surface area contributed by atoms with E-state index in [4.69, 9.17) is 4.74 Å².